The molecule has 36 heavy (non-hydrogen) atoms. The molecule has 4 aromatic rings. The number of nitrogens with two attached hydrogens (primary N) is 1. The van der Waals surface area contributed by atoms with Crippen molar-refractivity contribution >= 4 is 5.82 Å². The molecule has 2 aromatic heterocycles. The molecular formula is C27H30FN7O. The van der Waals surface area contributed by atoms with E-state index in [1.807, 2.05) is 19.9 Å². The number of benzene rings is 2. The van der Waals surface area contributed by atoms with E-state index in [0.29, 0.717) is 29.3 Å². The van der Waals surface area contributed by atoms with Crippen LogP contribution in [0.1, 0.15) is 29.5 Å². The highest BCUT2D eigenvalue weighted by Gasteiger charge is 2.21. The SMILES string of the molecule is Cc1cc(C)cc(-c2cnc(N)c(-c3nnnn3-c3ccc(OCCN4CCCC4)c(C)c3F)c2)c1. The Hall–Kier alpha value is -3.85. The molecule has 0 bridgehead atoms. The van der Waals surface area contributed by atoms with E-state index < -0.39 is 5.82 Å². The Morgan fingerprint density at radius 1 is 1.00 bits per heavy atom. The quantitative estimate of drug-likeness (QED) is 0.410. The van der Waals surface area contributed by atoms with Crippen LogP contribution >= 0.6 is 0 Å². The third-order valence-corrected chi connectivity index (χ3v) is 6.59. The van der Waals surface area contributed by atoms with Crippen molar-refractivity contribution in [3.05, 3.63) is 65.1 Å². The predicted octanol–water partition coefficient (Wildman–Crippen LogP) is 4.51. The van der Waals surface area contributed by atoms with E-state index in [4.69, 9.17) is 10.5 Å². The molecule has 0 amide bonds. The molecule has 186 valence electrons. The van der Waals surface area contributed by atoms with Gasteiger partial charge in [-0.1, -0.05) is 29.3 Å². The molecule has 5 rings (SSSR count). The second kappa shape index (κ2) is 10.0. The van der Waals surface area contributed by atoms with Crippen LogP contribution in [-0.2, 0) is 0 Å². The molecule has 0 atom stereocenters. The summed E-state index contributed by atoms with van der Waals surface area (Å²) in [4.78, 5) is 6.74. The maximum Gasteiger partial charge on any atom is 0.190 e. The van der Waals surface area contributed by atoms with Crippen molar-refractivity contribution in [2.75, 3.05) is 32.0 Å². The van der Waals surface area contributed by atoms with Crippen LogP contribution in [-0.4, -0.2) is 56.3 Å². The van der Waals surface area contributed by atoms with Gasteiger partial charge in [0.2, 0.25) is 0 Å². The fourth-order valence-electron chi connectivity index (χ4n) is 4.73. The number of anilines is 1. The summed E-state index contributed by atoms with van der Waals surface area (Å²) < 4.78 is 22.8. The van der Waals surface area contributed by atoms with Gasteiger partial charge in [-0.25, -0.2) is 9.37 Å². The van der Waals surface area contributed by atoms with E-state index in [1.165, 1.54) is 17.5 Å². The zero-order valence-corrected chi connectivity index (χ0v) is 20.8. The minimum absolute atomic E-state index is 0.218. The number of hydrogen-bond donors (Lipinski definition) is 1. The number of rotatable bonds is 7. The zero-order chi connectivity index (χ0) is 25.2. The monoisotopic (exact) mass is 487 g/mol. The van der Waals surface area contributed by atoms with Crippen LogP contribution in [0.15, 0.2) is 42.6 Å². The van der Waals surface area contributed by atoms with Gasteiger partial charge >= 0.3 is 0 Å². The Balaban J connectivity index is 1.45. The van der Waals surface area contributed by atoms with Crippen LogP contribution in [0.4, 0.5) is 10.2 Å². The largest absolute Gasteiger partial charge is 0.492 e. The highest BCUT2D eigenvalue weighted by Crippen LogP contribution is 2.32. The molecule has 0 spiro atoms. The number of nitrogens with zero attached hydrogens (tertiary/aromatic N) is 6. The molecular weight excluding hydrogens is 457 g/mol. The van der Waals surface area contributed by atoms with Crippen molar-refractivity contribution < 1.29 is 9.13 Å². The molecule has 9 heteroatoms. The van der Waals surface area contributed by atoms with Crippen molar-refractivity contribution in [2.45, 2.75) is 33.6 Å². The molecule has 1 aliphatic heterocycles. The van der Waals surface area contributed by atoms with Gasteiger partial charge in [0.05, 0.1) is 5.56 Å². The second-order valence-corrected chi connectivity index (χ2v) is 9.37. The topological polar surface area (TPSA) is 95.0 Å². The average Bonchev–Trinajstić information content (AvgIpc) is 3.54. The lowest BCUT2D eigenvalue weighted by atomic mass is 10.0. The van der Waals surface area contributed by atoms with Crippen molar-refractivity contribution in [1.82, 2.24) is 30.1 Å². The molecule has 1 aliphatic rings. The third kappa shape index (κ3) is 4.79. The Morgan fingerprint density at radius 3 is 2.50 bits per heavy atom. The molecule has 0 aliphatic carbocycles. The summed E-state index contributed by atoms with van der Waals surface area (Å²) in [5.41, 5.74) is 11.6. The predicted molar refractivity (Wildman–Crippen MR) is 138 cm³/mol. The first-order valence-corrected chi connectivity index (χ1v) is 12.2. The van der Waals surface area contributed by atoms with E-state index in [-0.39, 0.29) is 11.5 Å². The highest BCUT2D eigenvalue weighted by atomic mass is 19.1. The van der Waals surface area contributed by atoms with Gasteiger partial charge in [0.15, 0.2) is 11.6 Å². The first-order valence-electron chi connectivity index (χ1n) is 12.2. The number of aromatic nitrogens is 5. The van der Waals surface area contributed by atoms with Crippen molar-refractivity contribution in [3.8, 4) is 34.0 Å². The Kier molecular flexibility index (Phi) is 6.65. The molecule has 2 aromatic carbocycles. The molecule has 1 fully saturated rings. The van der Waals surface area contributed by atoms with Gasteiger partial charge in [-0.15, -0.1) is 5.10 Å². The van der Waals surface area contributed by atoms with Gasteiger partial charge in [0.1, 0.15) is 23.9 Å². The summed E-state index contributed by atoms with van der Waals surface area (Å²) in [5.74, 6) is 0.646. The number of likely N-dealkylation sites (tertiary alicyclic amines) is 1. The Labute approximate surface area is 209 Å². The van der Waals surface area contributed by atoms with Crippen LogP contribution < -0.4 is 10.5 Å². The number of aryl methyl sites for hydroxylation is 2. The van der Waals surface area contributed by atoms with E-state index in [2.05, 4.69) is 43.6 Å². The molecule has 3 heterocycles. The van der Waals surface area contributed by atoms with Crippen LogP contribution in [0.2, 0.25) is 0 Å². The molecule has 8 nitrogen and oxygen atoms in total. The molecule has 2 N–H and O–H groups in total. The average molecular weight is 488 g/mol. The van der Waals surface area contributed by atoms with Crippen LogP contribution in [0, 0.1) is 26.6 Å². The maximum absolute atomic E-state index is 15.5. The zero-order valence-electron chi connectivity index (χ0n) is 20.8. The summed E-state index contributed by atoms with van der Waals surface area (Å²) in [5, 5.41) is 12.0. The first kappa shape index (κ1) is 23.9. The van der Waals surface area contributed by atoms with Crippen molar-refractivity contribution in [2.24, 2.45) is 0 Å². The third-order valence-electron chi connectivity index (χ3n) is 6.59. The lowest BCUT2D eigenvalue weighted by Gasteiger charge is -2.17. The molecule has 0 unspecified atom stereocenters. The van der Waals surface area contributed by atoms with Gasteiger partial charge < -0.3 is 10.5 Å². The minimum Gasteiger partial charge on any atom is -0.492 e. The minimum atomic E-state index is -0.445. The smallest absolute Gasteiger partial charge is 0.190 e. The lowest BCUT2D eigenvalue weighted by molar-refractivity contribution is 0.236. The van der Waals surface area contributed by atoms with E-state index in [1.54, 1.807) is 25.3 Å². The number of ether oxygens (including phenoxy) is 1. The van der Waals surface area contributed by atoms with Crippen LogP contribution in [0.3, 0.4) is 0 Å². The number of nitrogen functional groups attached to an aromatic ring is 1. The van der Waals surface area contributed by atoms with Gasteiger partial charge in [-0.3, -0.25) is 4.90 Å². The number of hydrogen-bond acceptors (Lipinski definition) is 7. The lowest BCUT2D eigenvalue weighted by Crippen LogP contribution is -2.25. The number of tetrazole rings is 1. The summed E-state index contributed by atoms with van der Waals surface area (Å²) in [6.45, 7) is 9.35. The van der Waals surface area contributed by atoms with Crippen LogP contribution in [0.25, 0.3) is 28.2 Å². The van der Waals surface area contributed by atoms with E-state index in [0.717, 1.165) is 41.9 Å². The summed E-state index contributed by atoms with van der Waals surface area (Å²) in [7, 11) is 0. The van der Waals surface area contributed by atoms with Gasteiger partial charge in [0.25, 0.3) is 0 Å². The first-order chi connectivity index (χ1) is 17.4. The fraction of sp³-hybridized carbons (Fsp3) is 0.333. The van der Waals surface area contributed by atoms with Crippen molar-refractivity contribution in [3.63, 3.8) is 0 Å². The number of pyridine rings is 1. The highest BCUT2D eigenvalue weighted by molar-refractivity contribution is 5.77. The molecule has 1 saturated heterocycles. The van der Waals surface area contributed by atoms with Crippen molar-refractivity contribution in [1.29, 1.82) is 0 Å². The number of halogens is 1. The fourth-order valence-corrected chi connectivity index (χ4v) is 4.73. The van der Waals surface area contributed by atoms with Gasteiger partial charge in [-0.05, 0) is 80.9 Å². The maximum atomic E-state index is 15.5. The Bertz CT molecular complexity index is 1370. The normalized spacial score (nSPS) is 13.9. The molecule has 0 radical (unpaired) electrons. The summed E-state index contributed by atoms with van der Waals surface area (Å²) in [6, 6.07) is 11.6. The summed E-state index contributed by atoms with van der Waals surface area (Å²) >= 11 is 0. The van der Waals surface area contributed by atoms with Crippen LogP contribution in [0.5, 0.6) is 5.75 Å². The second-order valence-electron chi connectivity index (χ2n) is 9.37. The standard InChI is InChI=1S/C27H30FN7O/c1-17-12-18(2)14-20(13-17)21-15-22(26(29)30-16-21)27-31-32-33-35(27)23-6-7-24(19(3)25(23)28)36-11-10-34-8-4-5-9-34/h6-7,12-16H,4-5,8-11H2,1-3H3,(H2,29,30). The van der Waals surface area contributed by atoms with Gasteiger partial charge in [-0.2, -0.15) is 4.68 Å². The summed E-state index contributed by atoms with van der Waals surface area (Å²) in [6.07, 6.45) is 4.18. The molecule has 0 saturated carbocycles. The Morgan fingerprint density at radius 2 is 1.75 bits per heavy atom. The van der Waals surface area contributed by atoms with Gasteiger partial charge in [0, 0.05) is 23.9 Å². The van der Waals surface area contributed by atoms with E-state index >= 15 is 4.39 Å². The van der Waals surface area contributed by atoms with E-state index in [9.17, 15) is 0 Å².